The first-order chi connectivity index (χ1) is 14.6. The maximum Gasteiger partial charge on any atom is 0.275 e. The lowest BCUT2D eigenvalue weighted by atomic mass is 10.0. The van der Waals surface area contributed by atoms with Gasteiger partial charge in [0.2, 0.25) is 0 Å². The summed E-state index contributed by atoms with van der Waals surface area (Å²) in [7, 11) is 3.17. The summed E-state index contributed by atoms with van der Waals surface area (Å²) < 4.78 is 12.5. The molecule has 2 heterocycles. The molecule has 1 aliphatic heterocycles. The van der Waals surface area contributed by atoms with E-state index < -0.39 is 0 Å². The minimum absolute atomic E-state index is 0.138. The molecule has 156 valence electrons. The van der Waals surface area contributed by atoms with Gasteiger partial charge in [-0.1, -0.05) is 24.3 Å². The standard InChI is InChI=1S/C23H25N3O4/c1-29-20-9-8-16(14-21(20)30-2)19-15-26(17-6-4-3-5-7-17)24-22(19)23(28)25-12-10-18(27)11-13-25/h3-9,14-15,18,27H,10-13H2,1-2H3. The summed E-state index contributed by atoms with van der Waals surface area (Å²) in [6.45, 7) is 1.03. The van der Waals surface area contributed by atoms with Gasteiger partial charge in [-0.2, -0.15) is 5.10 Å². The Morgan fingerprint density at radius 2 is 1.73 bits per heavy atom. The summed E-state index contributed by atoms with van der Waals surface area (Å²) in [5.74, 6) is 1.07. The number of benzene rings is 2. The van der Waals surface area contributed by atoms with Gasteiger partial charge in [-0.25, -0.2) is 4.68 Å². The van der Waals surface area contributed by atoms with Crippen molar-refractivity contribution in [3.8, 4) is 28.3 Å². The number of hydrogen-bond donors (Lipinski definition) is 1. The first-order valence-electron chi connectivity index (χ1n) is 9.95. The number of aliphatic hydroxyl groups is 1. The summed E-state index contributed by atoms with van der Waals surface area (Å²) in [6, 6.07) is 15.2. The first kappa shape index (κ1) is 20.0. The van der Waals surface area contributed by atoms with Crippen LogP contribution in [0, 0.1) is 0 Å². The molecule has 1 N–H and O–H groups in total. The molecule has 1 saturated heterocycles. The third kappa shape index (κ3) is 3.89. The third-order valence-corrected chi connectivity index (χ3v) is 5.38. The average Bonchev–Trinajstić information content (AvgIpc) is 3.24. The van der Waals surface area contributed by atoms with Gasteiger partial charge in [-0.3, -0.25) is 4.79 Å². The molecular weight excluding hydrogens is 382 g/mol. The largest absolute Gasteiger partial charge is 0.493 e. The Morgan fingerprint density at radius 3 is 2.40 bits per heavy atom. The Morgan fingerprint density at radius 1 is 1.03 bits per heavy atom. The molecule has 0 radical (unpaired) electrons. The molecule has 1 amide bonds. The monoisotopic (exact) mass is 407 g/mol. The SMILES string of the molecule is COc1ccc(-c2cn(-c3ccccc3)nc2C(=O)N2CCC(O)CC2)cc1OC. The van der Waals surface area contributed by atoms with Gasteiger partial charge in [0.05, 0.1) is 26.0 Å². The first-order valence-corrected chi connectivity index (χ1v) is 9.95. The number of aromatic nitrogens is 2. The zero-order chi connectivity index (χ0) is 21.1. The van der Waals surface area contributed by atoms with E-state index >= 15 is 0 Å². The van der Waals surface area contributed by atoms with Crippen LogP contribution in [-0.2, 0) is 0 Å². The number of carbonyl (C=O) groups is 1. The highest BCUT2D eigenvalue weighted by Gasteiger charge is 2.27. The highest BCUT2D eigenvalue weighted by Crippen LogP contribution is 2.34. The molecule has 2 aromatic carbocycles. The average molecular weight is 407 g/mol. The van der Waals surface area contributed by atoms with Crippen LogP contribution in [-0.4, -0.2) is 59.1 Å². The van der Waals surface area contributed by atoms with Gasteiger partial charge in [0, 0.05) is 24.8 Å². The lowest BCUT2D eigenvalue weighted by Gasteiger charge is -2.29. The van der Waals surface area contributed by atoms with E-state index in [-0.39, 0.29) is 12.0 Å². The fraction of sp³-hybridized carbons (Fsp3) is 0.304. The number of methoxy groups -OCH3 is 2. The van der Waals surface area contributed by atoms with E-state index in [1.54, 1.807) is 23.8 Å². The zero-order valence-corrected chi connectivity index (χ0v) is 17.1. The van der Waals surface area contributed by atoms with Crippen LogP contribution in [0.2, 0.25) is 0 Å². The Balaban J connectivity index is 1.78. The van der Waals surface area contributed by atoms with Crippen molar-refractivity contribution in [2.24, 2.45) is 0 Å². The van der Waals surface area contributed by atoms with Crippen molar-refractivity contribution < 1.29 is 19.4 Å². The Labute approximate surface area is 175 Å². The topological polar surface area (TPSA) is 76.8 Å². The molecule has 0 aliphatic carbocycles. The molecule has 7 nitrogen and oxygen atoms in total. The molecule has 0 spiro atoms. The normalized spacial score (nSPS) is 14.6. The predicted molar refractivity (Wildman–Crippen MR) is 113 cm³/mol. The van der Waals surface area contributed by atoms with Crippen LogP contribution in [0.5, 0.6) is 11.5 Å². The number of rotatable bonds is 5. The van der Waals surface area contributed by atoms with Gasteiger partial charge in [-0.05, 0) is 42.7 Å². The summed E-state index contributed by atoms with van der Waals surface area (Å²) in [5.41, 5.74) is 2.78. The van der Waals surface area contributed by atoms with Crippen LogP contribution in [0.3, 0.4) is 0 Å². The van der Waals surface area contributed by atoms with E-state index in [1.165, 1.54) is 0 Å². The zero-order valence-electron chi connectivity index (χ0n) is 17.1. The van der Waals surface area contributed by atoms with Gasteiger partial charge >= 0.3 is 0 Å². The molecule has 0 bridgehead atoms. The number of nitrogens with zero attached hydrogens (tertiary/aromatic N) is 3. The van der Waals surface area contributed by atoms with Gasteiger partial charge < -0.3 is 19.5 Å². The van der Waals surface area contributed by atoms with Crippen molar-refractivity contribution in [3.63, 3.8) is 0 Å². The maximum atomic E-state index is 13.3. The molecule has 4 rings (SSSR count). The van der Waals surface area contributed by atoms with Crippen molar-refractivity contribution in [2.45, 2.75) is 18.9 Å². The Hall–Kier alpha value is -3.32. The number of para-hydroxylation sites is 1. The fourth-order valence-corrected chi connectivity index (χ4v) is 3.68. The maximum absolute atomic E-state index is 13.3. The van der Waals surface area contributed by atoms with Crippen molar-refractivity contribution in [1.29, 1.82) is 0 Å². The second-order valence-electron chi connectivity index (χ2n) is 7.26. The second kappa shape index (κ2) is 8.59. The highest BCUT2D eigenvalue weighted by atomic mass is 16.5. The molecule has 3 aromatic rings. The number of piperidine rings is 1. The summed E-state index contributed by atoms with van der Waals surface area (Å²) in [6.07, 6.45) is 2.68. The molecule has 0 unspecified atom stereocenters. The molecular formula is C23H25N3O4. The van der Waals surface area contributed by atoms with Gasteiger partial charge in [0.1, 0.15) is 0 Å². The van der Waals surface area contributed by atoms with Crippen LogP contribution in [0.4, 0.5) is 0 Å². The van der Waals surface area contributed by atoms with Crippen LogP contribution < -0.4 is 9.47 Å². The Bertz CT molecular complexity index is 1020. The number of likely N-dealkylation sites (tertiary alicyclic amines) is 1. The van der Waals surface area contributed by atoms with E-state index in [9.17, 15) is 9.90 Å². The number of hydrogen-bond acceptors (Lipinski definition) is 5. The lowest BCUT2D eigenvalue weighted by molar-refractivity contribution is 0.0542. The van der Waals surface area contributed by atoms with Gasteiger partial charge in [-0.15, -0.1) is 0 Å². The summed E-state index contributed by atoms with van der Waals surface area (Å²) in [5, 5.41) is 14.4. The molecule has 1 aliphatic rings. The summed E-state index contributed by atoms with van der Waals surface area (Å²) in [4.78, 5) is 15.1. The van der Waals surface area contributed by atoms with E-state index in [4.69, 9.17) is 9.47 Å². The van der Waals surface area contributed by atoms with Crippen LogP contribution in [0.25, 0.3) is 16.8 Å². The second-order valence-corrected chi connectivity index (χ2v) is 7.26. The van der Waals surface area contributed by atoms with Crippen molar-refractivity contribution in [1.82, 2.24) is 14.7 Å². The number of carbonyl (C=O) groups excluding carboxylic acids is 1. The van der Waals surface area contributed by atoms with Crippen LogP contribution in [0.15, 0.2) is 54.7 Å². The Kier molecular flexibility index (Phi) is 5.72. The molecule has 7 heteroatoms. The molecule has 30 heavy (non-hydrogen) atoms. The fourth-order valence-electron chi connectivity index (χ4n) is 3.68. The predicted octanol–water partition coefficient (Wildman–Crippen LogP) is 3.15. The van der Waals surface area contributed by atoms with Crippen molar-refractivity contribution in [3.05, 3.63) is 60.4 Å². The minimum atomic E-state index is -0.346. The van der Waals surface area contributed by atoms with E-state index in [0.717, 1.165) is 16.8 Å². The number of aliphatic hydroxyl groups excluding tert-OH is 1. The van der Waals surface area contributed by atoms with Crippen LogP contribution >= 0.6 is 0 Å². The quantitative estimate of drug-likeness (QED) is 0.703. The van der Waals surface area contributed by atoms with Crippen molar-refractivity contribution in [2.75, 3.05) is 27.3 Å². The van der Waals surface area contributed by atoms with Gasteiger partial charge in [0.15, 0.2) is 17.2 Å². The summed E-state index contributed by atoms with van der Waals surface area (Å²) >= 11 is 0. The van der Waals surface area contributed by atoms with Gasteiger partial charge in [0.25, 0.3) is 5.91 Å². The van der Waals surface area contributed by atoms with Crippen LogP contribution in [0.1, 0.15) is 23.3 Å². The number of amides is 1. The molecule has 0 atom stereocenters. The molecule has 1 fully saturated rings. The molecule has 1 aromatic heterocycles. The minimum Gasteiger partial charge on any atom is -0.493 e. The highest BCUT2D eigenvalue weighted by molar-refractivity contribution is 5.99. The van der Waals surface area contributed by atoms with E-state index in [1.807, 2.05) is 54.7 Å². The number of ether oxygens (including phenoxy) is 2. The van der Waals surface area contributed by atoms with E-state index in [0.29, 0.717) is 43.1 Å². The smallest absolute Gasteiger partial charge is 0.275 e. The van der Waals surface area contributed by atoms with Crippen molar-refractivity contribution >= 4 is 5.91 Å². The molecule has 0 saturated carbocycles. The van der Waals surface area contributed by atoms with E-state index in [2.05, 4.69) is 5.10 Å². The lowest BCUT2D eigenvalue weighted by Crippen LogP contribution is -2.40. The third-order valence-electron chi connectivity index (χ3n) is 5.38.